The molecule has 1 heterocycles. The van der Waals surface area contributed by atoms with E-state index >= 15 is 0 Å². The second-order valence-electron chi connectivity index (χ2n) is 6.13. The van der Waals surface area contributed by atoms with Gasteiger partial charge in [-0.3, -0.25) is 4.79 Å². The molecular weight excluding hydrogens is 244 g/mol. The van der Waals surface area contributed by atoms with E-state index < -0.39 is 11.9 Å². The summed E-state index contributed by atoms with van der Waals surface area (Å²) in [7, 11) is 0. The number of aromatic nitrogens is 4. The Bertz CT molecular complexity index is 487. The summed E-state index contributed by atoms with van der Waals surface area (Å²) in [6.07, 6.45) is 5.06. The van der Waals surface area contributed by atoms with Crippen molar-refractivity contribution in [3.8, 4) is 0 Å². The van der Waals surface area contributed by atoms with Gasteiger partial charge in [0, 0.05) is 5.92 Å². The molecule has 6 heteroatoms. The Balaban J connectivity index is 1.84. The molecule has 0 radical (unpaired) electrons. The van der Waals surface area contributed by atoms with Gasteiger partial charge in [-0.2, -0.15) is 0 Å². The number of rotatable bonds is 4. The Morgan fingerprint density at radius 3 is 2.74 bits per heavy atom. The van der Waals surface area contributed by atoms with E-state index in [1.54, 1.807) is 11.6 Å². The van der Waals surface area contributed by atoms with Gasteiger partial charge in [0.05, 0.1) is 12.0 Å². The predicted octanol–water partition coefficient (Wildman–Crippen LogP) is 1.86. The molecule has 2 aliphatic carbocycles. The second kappa shape index (κ2) is 4.58. The van der Waals surface area contributed by atoms with E-state index in [0.717, 1.165) is 11.7 Å². The van der Waals surface area contributed by atoms with Crippen molar-refractivity contribution >= 4 is 5.97 Å². The number of hydrogen-bond donors (Lipinski definition) is 1. The van der Waals surface area contributed by atoms with Crippen LogP contribution in [0, 0.1) is 17.8 Å². The molecule has 0 saturated heterocycles. The Morgan fingerprint density at radius 2 is 2.16 bits per heavy atom. The molecule has 0 amide bonds. The third-order valence-corrected chi connectivity index (χ3v) is 5.09. The summed E-state index contributed by atoms with van der Waals surface area (Å²) in [5.41, 5.74) is 0. The Morgan fingerprint density at radius 1 is 1.37 bits per heavy atom. The SMILES string of the molecule is CC(C(=O)O)C(C)n1nnnc1C1CC2CCC1C2. The Labute approximate surface area is 112 Å². The van der Waals surface area contributed by atoms with Gasteiger partial charge in [-0.1, -0.05) is 6.42 Å². The number of fused-ring (bicyclic) bond motifs is 2. The molecular formula is C13H20N4O2. The molecule has 1 N–H and O–H groups in total. The molecule has 0 spiro atoms. The predicted molar refractivity (Wildman–Crippen MR) is 67.5 cm³/mol. The molecule has 0 aromatic carbocycles. The van der Waals surface area contributed by atoms with Gasteiger partial charge in [-0.05, 0) is 55.4 Å². The fraction of sp³-hybridized carbons (Fsp3) is 0.846. The van der Waals surface area contributed by atoms with Crippen molar-refractivity contribution in [2.24, 2.45) is 17.8 Å². The summed E-state index contributed by atoms with van der Waals surface area (Å²) in [6, 6.07) is -0.207. The fourth-order valence-electron chi connectivity index (χ4n) is 3.71. The maximum atomic E-state index is 11.1. The van der Waals surface area contributed by atoms with E-state index in [0.29, 0.717) is 11.8 Å². The van der Waals surface area contributed by atoms with Crippen molar-refractivity contribution in [1.29, 1.82) is 0 Å². The van der Waals surface area contributed by atoms with Gasteiger partial charge in [0.2, 0.25) is 0 Å². The van der Waals surface area contributed by atoms with E-state index in [2.05, 4.69) is 15.5 Å². The lowest BCUT2D eigenvalue weighted by molar-refractivity contribution is -0.142. The minimum Gasteiger partial charge on any atom is -0.481 e. The van der Waals surface area contributed by atoms with Crippen LogP contribution in [0.5, 0.6) is 0 Å². The lowest BCUT2D eigenvalue weighted by Gasteiger charge is -2.24. The fourth-order valence-corrected chi connectivity index (χ4v) is 3.71. The highest BCUT2D eigenvalue weighted by molar-refractivity contribution is 5.70. The van der Waals surface area contributed by atoms with Crippen molar-refractivity contribution in [1.82, 2.24) is 20.2 Å². The van der Waals surface area contributed by atoms with E-state index in [1.807, 2.05) is 6.92 Å². The van der Waals surface area contributed by atoms with Gasteiger partial charge >= 0.3 is 5.97 Å². The number of carboxylic acid groups (broad SMARTS) is 1. The number of aliphatic carboxylic acids is 1. The second-order valence-corrected chi connectivity index (χ2v) is 6.13. The quantitative estimate of drug-likeness (QED) is 0.897. The summed E-state index contributed by atoms with van der Waals surface area (Å²) in [4.78, 5) is 11.1. The Hall–Kier alpha value is -1.46. The van der Waals surface area contributed by atoms with Crippen LogP contribution in [0.2, 0.25) is 0 Å². The molecule has 2 bridgehead atoms. The molecule has 19 heavy (non-hydrogen) atoms. The average Bonchev–Trinajstić information content (AvgIpc) is 3.10. The normalized spacial score (nSPS) is 32.4. The largest absolute Gasteiger partial charge is 0.481 e. The van der Waals surface area contributed by atoms with Crippen LogP contribution in [0.25, 0.3) is 0 Å². The molecule has 1 aromatic rings. The van der Waals surface area contributed by atoms with Crippen molar-refractivity contribution < 1.29 is 9.90 Å². The molecule has 2 aliphatic rings. The average molecular weight is 264 g/mol. The molecule has 2 fully saturated rings. The van der Waals surface area contributed by atoms with E-state index in [1.165, 1.54) is 25.7 Å². The molecule has 104 valence electrons. The molecule has 2 saturated carbocycles. The molecule has 3 rings (SSSR count). The smallest absolute Gasteiger partial charge is 0.308 e. The van der Waals surface area contributed by atoms with Crippen LogP contribution < -0.4 is 0 Å². The number of hydrogen-bond acceptors (Lipinski definition) is 4. The maximum Gasteiger partial charge on any atom is 0.308 e. The summed E-state index contributed by atoms with van der Waals surface area (Å²) in [6.45, 7) is 3.59. The topological polar surface area (TPSA) is 80.9 Å². The van der Waals surface area contributed by atoms with E-state index in [9.17, 15) is 4.79 Å². The van der Waals surface area contributed by atoms with Gasteiger partial charge in [-0.15, -0.1) is 5.10 Å². The minimum atomic E-state index is -0.804. The monoisotopic (exact) mass is 264 g/mol. The van der Waals surface area contributed by atoms with E-state index in [-0.39, 0.29) is 6.04 Å². The van der Waals surface area contributed by atoms with Crippen LogP contribution in [-0.4, -0.2) is 31.3 Å². The zero-order chi connectivity index (χ0) is 13.6. The Kier molecular flexibility index (Phi) is 3.03. The van der Waals surface area contributed by atoms with Gasteiger partial charge in [0.25, 0.3) is 0 Å². The van der Waals surface area contributed by atoms with Crippen LogP contribution >= 0.6 is 0 Å². The summed E-state index contributed by atoms with van der Waals surface area (Å²) in [5, 5.41) is 21.1. The minimum absolute atomic E-state index is 0.207. The third kappa shape index (κ3) is 2.03. The highest BCUT2D eigenvalue weighted by Crippen LogP contribution is 2.52. The summed E-state index contributed by atoms with van der Waals surface area (Å²) >= 11 is 0. The zero-order valence-corrected chi connectivity index (χ0v) is 11.4. The van der Waals surface area contributed by atoms with Gasteiger partial charge in [0.15, 0.2) is 5.82 Å². The number of carbonyl (C=O) groups is 1. The first kappa shape index (κ1) is 12.6. The lowest BCUT2D eigenvalue weighted by Crippen LogP contribution is -2.26. The van der Waals surface area contributed by atoms with Crippen molar-refractivity contribution in [2.45, 2.75) is 51.5 Å². The number of tetrazole rings is 1. The van der Waals surface area contributed by atoms with Crippen LogP contribution in [0.15, 0.2) is 0 Å². The summed E-state index contributed by atoms with van der Waals surface area (Å²) in [5.74, 6) is 1.56. The van der Waals surface area contributed by atoms with E-state index in [4.69, 9.17) is 5.11 Å². The van der Waals surface area contributed by atoms with Crippen LogP contribution in [-0.2, 0) is 4.79 Å². The molecule has 1 aromatic heterocycles. The molecule has 5 unspecified atom stereocenters. The molecule has 0 aliphatic heterocycles. The first-order valence-electron chi connectivity index (χ1n) is 7.08. The van der Waals surface area contributed by atoms with Crippen molar-refractivity contribution in [3.63, 3.8) is 0 Å². The van der Waals surface area contributed by atoms with Gasteiger partial charge < -0.3 is 5.11 Å². The number of nitrogens with zero attached hydrogens (tertiary/aromatic N) is 4. The first-order valence-corrected chi connectivity index (χ1v) is 7.08. The number of carboxylic acids is 1. The lowest BCUT2D eigenvalue weighted by atomic mass is 9.88. The van der Waals surface area contributed by atoms with Crippen LogP contribution in [0.3, 0.4) is 0 Å². The van der Waals surface area contributed by atoms with Crippen LogP contribution in [0.4, 0.5) is 0 Å². The maximum absolute atomic E-state index is 11.1. The van der Waals surface area contributed by atoms with Crippen molar-refractivity contribution in [3.05, 3.63) is 5.82 Å². The zero-order valence-electron chi connectivity index (χ0n) is 11.4. The van der Waals surface area contributed by atoms with Crippen molar-refractivity contribution in [2.75, 3.05) is 0 Å². The highest BCUT2D eigenvalue weighted by Gasteiger charge is 2.43. The highest BCUT2D eigenvalue weighted by atomic mass is 16.4. The molecule has 6 nitrogen and oxygen atoms in total. The molecule has 5 atom stereocenters. The first-order chi connectivity index (χ1) is 9.08. The summed E-state index contributed by atoms with van der Waals surface area (Å²) < 4.78 is 1.74. The third-order valence-electron chi connectivity index (χ3n) is 5.09. The van der Waals surface area contributed by atoms with Gasteiger partial charge in [0.1, 0.15) is 0 Å². The standard InChI is InChI=1S/C13H20N4O2/c1-7(13(18)19)8(2)17-12(14-15-16-17)11-6-9-3-4-10(11)5-9/h7-11H,3-6H2,1-2H3,(H,18,19). The van der Waals surface area contributed by atoms with Gasteiger partial charge in [-0.25, -0.2) is 4.68 Å². The van der Waals surface area contributed by atoms with Crippen LogP contribution in [0.1, 0.15) is 57.3 Å².